The molecular weight excluding hydrogens is 256 g/mol. The van der Waals surface area contributed by atoms with E-state index in [2.05, 4.69) is 0 Å². The molecule has 0 bridgehead atoms. The van der Waals surface area contributed by atoms with Gasteiger partial charge in [0.1, 0.15) is 11.5 Å². The van der Waals surface area contributed by atoms with Gasteiger partial charge in [-0.25, -0.2) is 0 Å². The molecule has 0 N–H and O–H groups in total. The molecule has 0 saturated carbocycles. The summed E-state index contributed by atoms with van der Waals surface area (Å²) in [7, 11) is 0. The highest BCUT2D eigenvalue weighted by Crippen LogP contribution is 2.16. The lowest BCUT2D eigenvalue weighted by atomic mass is 10.3. The van der Waals surface area contributed by atoms with Crippen LogP contribution in [0, 0.1) is 0 Å². The summed E-state index contributed by atoms with van der Waals surface area (Å²) in [5, 5.41) is 0. The highest BCUT2D eigenvalue weighted by molar-refractivity contribution is 5.68. The lowest BCUT2D eigenvalue weighted by Gasteiger charge is -2.19. The third kappa shape index (κ3) is 4.31. The average Bonchev–Trinajstić information content (AvgIpc) is 2.49. The zero-order valence-corrected chi connectivity index (χ0v) is 11.2. The molecular formula is C16H16O4. The molecule has 20 heavy (non-hydrogen) atoms. The molecule has 0 fully saturated rings. The van der Waals surface area contributed by atoms with Crippen molar-refractivity contribution in [3.8, 4) is 11.5 Å². The predicted octanol–water partition coefficient (Wildman–Crippen LogP) is 3.38. The van der Waals surface area contributed by atoms with E-state index in [-0.39, 0.29) is 12.4 Å². The third-order valence-electron chi connectivity index (χ3n) is 2.47. The minimum atomic E-state index is -1.10. The molecule has 0 aromatic heterocycles. The number of carbonyl (C=O) groups excluding carboxylic acids is 1. The van der Waals surface area contributed by atoms with Crippen LogP contribution in [0.3, 0.4) is 0 Å². The number of ether oxygens (including phenoxy) is 3. The predicted molar refractivity (Wildman–Crippen MR) is 74.3 cm³/mol. The number of hydrogen-bond donors (Lipinski definition) is 0. The van der Waals surface area contributed by atoms with Crippen LogP contribution in [0.2, 0.25) is 0 Å². The van der Waals surface area contributed by atoms with Crippen molar-refractivity contribution in [2.45, 2.75) is 19.8 Å². The second-order valence-electron chi connectivity index (χ2n) is 3.99. The summed E-state index contributed by atoms with van der Waals surface area (Å²) < 4.78 is 16.2. The summed E-state index contributed by atoms with van der Waals surface area (Å²) in [6.07, 6.45) is 0.257. The second-order valence-corrected chi connectivity index (χ2v) is 3.99. The largest absolute Gasteiger partial charge is 0.423 e. The maximum atomic E-state index is 11.4. The van der Waals surface area contributed by atoms with Gasteiger partial charge in [0.2, 0.25) is 0 Å². The number of benzene rings is 2. The fourth-order valence-electron chi connectivity index (χ4n) is 1.48. The van der Waals surface area contributed by atoms with Crippen molar-refractivity contribution in [1.82, 2.24) is 0 Å². The van der Waals surface area contributed by atoms with Gasteiger partial charge in [0.15, 0.2) is 0 Å². The number of carbonyl (C=O) groups is 1. The van der Waals surface area contributed by atoms with Crippen molar-refractivity contribution in [3.05, 3.63) is 60.7 Å². The molecule has 0 saturated heterocycles. The molecule has 0 atom stereocenters. The van der Waals surface area contributed by atoms with E-state index in [4.69, 9.17) is 14.2 Å². The van der Waals surface area contributed by atoms with Gasteiger partial charge in [-0.3, -0.25) is 4.79 Å². The first-order chi connectivity index (χ1) is 9.78. The van der Waals surface area contributed by atoms with Gasteiger partial charge in [-0.15, -0.1) is 0 Å². The van der Waals surface area contributed by atoms with Crippen LogP contribution in [-0.2, 0) is 9.53 Å². The van der Waals surface area contributed by atoms with Crippen LogP contribution in [0.5, 0.6) is 11.5 Å². The first kappa shape index (κ1) is 13.9. The van der Waals surface area contributed by atoms with Crippen LogP contribution in [-0.4, -0.2) is 12.4 Å². The molecule has 0 radical (unpaired) electrons. The van der Waals surface area contributed by atoms with E-state index in [0.717, 1.165) is 0 Å². The molecule has 2 aromatic carbocycles. The minimum Gasteiger partial charge on any atom is -0.423 e. The fraction of sp³-hybridized carbons (Fsp3) is 0.188. The Morgan fingerprint density at radius 1 is 0.900 bits per heavy atom. The highest BCUT2D eigenvalue weighted by Gasteiger charge is 2.17. The van der Waals surface area contributed by atoms with E-state index in [0.29, 0.717) is 11.5 Å². The van der Waals surface area contributed by atoms with Gasteiger partial charge in [0.25, 0.3) is 0 Å². The van der Waals surface area contributed by atoms with Crippen LogP contribution >= 0.6 is 0 Å². The Morgan fingerprint density at radius 3 is 1.75 bits per heavy atom. The van der Waals surface area contributed by atoms with E-state index < -0.39 is 6.48 Å². The zero-order valence-electron chi connectivity index (χ0n) is 11.2. The summed E-state index contributed by atoms with van der Waals surface area (Å²) >= 11 is 0. The fourth-order valence-corrected chi connectivity index (χ4v) is 1.48. The van der Waals surface area contributed by atoms with Crippen LogP contribution < -0.4 is 9.47 Å². The molecule has 0 aliphatic carbocycles. The second kappa shape index (κ2) is 7.19. The number of hydrogen-bond acceptors (Lipinski definition) is 4. The lowest BCUT2D eigenvalue weighted by Crippen LogP contribution is -2.30. The maximum absolute atomic E-state index is 11.4. The van der Waals surface area contributed by atoms with Crippen molar-refractivity contribution >= 4 is 5.97 Å². The van der Waals surface area contributed by atoms with Crippen molar-refractivity contribution in [1.29, 1.82) is 0 Å². The van der Waals surface area contributed by atoms with Crippen LogP contribution in [0.4, 0.5) is 0 Å². The number of rotatable bonds is 6. The standard InChI is InChI=1S/C16H16O4/c1-2-15(17)20-16(18-13-9-5-3-6-10-13)19-14-11-7-4-8-12-14/h3-12,16H,2H2,1H3. The van der Waals surface area contributed by atoms with Crippen molar-refractivity contribution in [3.63, 3.8) is 0 Å². The summed E-state index contributed by atoms with van der Waals surface area (Å²) in [5.41, 5.74) is 0. The van der Waals surface area contributed by atoms with E-state index in [1.807, 2.05) is 36.4 Å². The topological polar surface area (TPSA) is 44.8 Å². The van der Waals surface area contributed by atoms with Gasteiger partial charge >= 0.3 is 12.4 Å². The van der Waals surface area contributed by atoms with Gasteiger partial charge in [0.05, 0.1) is 0 Å². The Morgan fingerprint density at radius 2 is 1.35 bits per heavy atom. The summed E-state index contributed by atoms with van der Waals surface area (Å²) in [6, 6.07) is 18.1. The molecule has 2 aromatic rings. The molecule has 104 valence electrons. The molecule has 4 nitrogen and oxygen atoms in total. The first-order valence-electron chi connectivity index (χ1n) is 6.41. The van der Waals surface area contributed by atoms with Gasteiger partial charge in [-0.05, 0) is 24.3 Å². The van der Waals surface area contributed by atoms with Gasteiger partial charge in [-0.2, -0.15) is 0 Å². The van der Waals surface area contributed by atoms with E-state index in [1.54, 1.807) is 31.2 Å². The van der Waals surface area contributed by atoms with Gasteiger partial charge in [-0.1, -0.05) is 43.3 Å². The van der Waals surface area contributed by atoms with E-state index >= 15 is 0 Å². The molecule has 0 amide bonds. The third-order valence-corrected chi connectivity index (χ3v) is 2.47. The first-order valence-corrected chi connectivity index (χ1v) is 6.41. The van der Waals surface area contributed by atoms with Gasteiger partial charge in [0, 0.05) is 6.42 Å². The van der Waals surface area contributed by atoms with Crippen molar-refractivity contribution in [2.75, 3.05) is 0 Å². The van der Waals surface area contributed by atoms with E-state index in [9.17, 15) is 4.79 Å². The monoisotopic (exact) mass is 272 g/mol. The summed E-state index contributed by atoms with van der Waals surface area (Å²) in [5.74, 6) is 0.747. The van der Waals surface area contributed by atoms with Gasteiger partial charge < -0.3 is 14.2 Å². The van der Waals surface area contributed by atoms with Crippen LogP contribution in [0.25, 0.3) is 0 Å². The Balaban J connectivity index is 2.06. The highest BCUT2D eigenvalue weighted by atomic mass is 16.9. The van der Waals surface area contributed by atoms with Crippen molar-refractivity contribution in [2.24, 2.45) is 0 Å². The zero-order chi connectivity index (χ0) is 14.2. The number of para-hydroxylation sites is 2. The molecule has 0 heterocycles. The normalized spacial score (nSPS) is 10.1. The Kier molecular flexibility index (Phi) is 5.00. The summed E-state index contributed by atoms with van der Waals surface area (Å²) in [4.78, 5) is 11.4. The number of esters is 1. The smallest absolute Gasteiger partial charge is 0.408 e. The molecule has 0 unspecified atom stereocenters. The van der Waals surface area contributed by atoms with Crippen LogP contribution in [0.1, 0.15) is 13.3 Å². The molecule has 0 spiro atoms. The quantitative estimate of drug-likeness (QED) is 0.597. The minimum absolute atomic E-state index is 0.257. The molecule has 4 heteroatoms. The summed E-state index contributed by atoms with van der Waals surface area (Å²) in [6.45, 7) is 0.608. The maximum Gasteiger partial charge on any atom is 0.408 e. The SMILES string of the molecule is CCC(=O)OC(Oc1ccccc1)Oc1ccccc1. The lowest BCUT2D eigenvalue weighted by molar-refractivity contribution is -0.206. The van der Waals surface area contributed by atoms with Crippen LogP contribution in [0.15, 0.2) is 60.7 Å². The Labute approximate surface area is 117 Å². The molecule has 0 aliphatic heterocycles. The molecule has 0 aliphatic rings. The average molecular weight is 272 g/mol. The molecule has 2 rings (SSSR count). The van der Waals surface area contributed by atoms with E-state index in [1.165, 1.54) is 0 Å². The Hall–Kier alpha value is -2.49. The Bertz CT molecular complexity index is 483. The van der Waals surface area contributed by atoms with Crippen molar-refractivity contribution < 1.29 is 19.0 Å².